The summed E-state index contributed by atoms with van der Waals surface area (Å²) in [7, 11) is -2.45. The van der Waals surface area contributed by atoms with Gasteiger partial charge in [0.2, 0.25) is 0 Å². The van der Waals surface area contributed by atoms with Gasteiger partial charge in [-0.2, -0.15) is 4.89 Å². The van der Waals surface area contributed by atoms with Crippen molar-refractivity contribution in [2.45, 2.75) is 50.9 Å². The average Bonchev–Trinajstić information content (AvgIpc) is 2.54. The summed E-state index contributed by atoms with van der Waals surface area (Å²) in [5.74, 6) is -0.305. The van der Waals surface area contributed by atoms with Crippen LogP contribution in [0.2, 0.25) is 0 Å². The number of rotatable bonds is 6. The van der Waals surface area contributed by atoms with E-state index in [4.69, 9.17) is 4.74 Å². The van der Waals surface area contributed by atoms with E-state index in [9.17, 15) is 14.3 Å². The van der Waals surface area contributed by atoms with Gasteiger partial charge >= 0.3 is 14.1 Å². The second-order valence-electron chi connectivity index (χ2n) is 5.76. The molecule has 0 saturated heterocycles. The summed E-state index contributed by atoms with van der Waals surface area (Å²) in [6.07, 6.45) is 5.62. The Morgan fingerprint density at radius 3 is 2.59 bits per heavy atom. The number of amides is 1. The monoisotopic (exact) mass is 324 g/mol. The Kier molecular flexibility index (Phi) is 6.81. The van der Waals surface area contributed by atoms with Crippen LogP contribution in [-0.4, -0.2) is 16.8 Å². The van der Waals surface area contributed by atoms with Crippen molar-refractivity contribution >= 4 is 14.1 Å². The summed E-state index contributed by atoms with van der Waals surface area (Å²) < 4.78 is 16.6. The molecule has 1 aliphatic carbocycles. The van der Waals surface area contributed by atoms with E-state index < -0.39 is 19.9 Å². The number of ether oxygens (including phenoxy) is 1. The first kappa shape index (κ1) is 16.9. The highest BCUT2D eigenvalue weighted by Gasteiger charge is 2.34. The zero-order valence-corrected chi connectivity index (χ0v) is 13.5. The first-order valence-electron chi connectivity index (χ1n) is 7.77. The van der Waals surface area contributed by atoms with Crippen molar-refractivity contribution in [1.29, 1.82) is 0 Å². The largest absolute Gasteiger partial charge is 0.530 e. The quantitative estimate of drug-likeness (QED) is 0.777. The van der Waals surface area contributed by atoms with Crippen LogP contribution in [0.15, 0.2) is 30.3 Å². The predicted octanol–water partition coefficient (Wildman–Crippen LogP) is 3.94. The summed E-state index contributed by atoms with van der Waals surface area (Å²) >= 11 is 0. The van der Waals surface area contributed by atoms with Gasteiger partial charge in [0.05, 0.1) is 0 Å². The molecule has 120 valence electrons. The number of carbonyl (C=O) groups excluding carboxylic acids is 1. The van der Waals surface area contributed by atoms with Gasteiger partial charge in [0.1, 0.15) is 6.61 Å². The van der Waals surface area contributed by atoms with Crippen molar-refractivity contribution in [3.8, 4) is 0 Å². The van der Waals surface area contributed by atoms with Crippen molar-refractivity contribution < 1.29 is 19.0 Å². The normalized spacial score (nSPS) is 17.6. The minimum absolute atomic E-state index is 0.158. The Hall–Kier alpha value is -1.45. The van der Waals surface area contributed by atoms with Crippen molar-refractivity contribution in [2.24, 2.45) is 5.92 Å². The SMILES string of the molecule is O=C(NC(CC1CCCCC1)[P+](=O)O)OCc1ccccc1. The number of hydrogen-bond acceptors (Lipinski definition) is 3. The summed E-state index contributed by atoms with van der Waals surface area (Å²) in [6.45, 7) is 0.158. The van der Waals surface area contributed by atoms with Crippen LogP contribution in [0.25, 0.3) is 0 Å². The van der Waals surface area contributed by atoms with Crippen LogP contribution in [0.1, 0.15) is 44.1 Å². The lowest BCUT2D eigenvalue weighted by Crippen LogP contribution is -2.34. The molecule has 1 aromatic rings. The third-order valence-corrected chi connectivity index (χ3v) is 4.92. The van der Waals surface area contributed by atoms with Gasteiger partial charge in [-0.3, -0.25) is 5.32 Å². The summed E-state index contributed by atoms with van der Waals surface area (Å²) in [4.78, 5) is 21.2. The molecule has 1 aromatic carbocycles. The molecule has 2 unspecified atom stereocenters. The molecular weight excluding hydrogens is 301 g/mol. The Labute approximate surface area is 131 Å². The number of benzene rings is 1. The van der Waals surface area contributed by atoms with Crippen LogP contribution >= 0.6 is 8.03 Å². The van der Waals surface area contributed by atoms with Crippen LogP contribution in [-0.2, 0) is 15.9 Å². The van der Waals surface area contributed by atoms with Crippen molar-refractivity contribution in [2.75, 3.05) is 0 Å². The van der Waals surface area contributed by atoms with E-state index in [1.165, 1.54) is 6.42 Å². The third-order valence-electron chi connectivity index (χ3n) is 4.05. The van der Waals surface area contributed by atoms with Gasteiger partial charge in [-0.25, -0.2) is 4.79 Å². The Bertz CT molecular complexity index is 488. The molecule has 0 aliphatic heterocycles. The minimum atomic E-state index is -2.45. The van der Waals surface area contributed by atoms with Crippen LogP contribution in [0.5, 0.6) is 0 Å². The highest BCUT2D eigenvalue weighted by atomic mass is 31.1. The Balaban J connectivity index is 1.79. The van der Waals surface area contributed by atoms with Gasteiger partial charge in [-0.15, -0.1) is 0 Å². The molecule has 2 atom stereocenters. The smallest absolute Gasteiger partial charge is 0.445 e. The lowest BCUT2D eigenvalue weighted by molar-refractivity contribution is 0.136. The summed E-state index contributed by atoms with van der Waals surface area (Å²) in [6, 6.07) is 9.35. The van der Waals surface area contributed by atoms with Crippen molar-refractivity contribution in [3.63, 3.8) is 0 Å². The average molecular weight is 324 g/mol. The molecule has 6 heteroatoms. The molecule has 5 nitrogen and oxygen atoms in total. The molecule has 1 saturated carbocycles. The fraction of sp³-hybridized carbons (Fsp3) is 0.562. The predicted molar refractivity (Wildman–Crippen MR) is 84.6 cm³/mol. The van der Waals surface area contributed by atoms with E-state index in [0.29, 0.717) is 12.3 Å². The van der Waals surface area contributed by atoms with E-state index in [2.05, 4.69) is 5.32 Å². The van der Waals surface area contributed by atoms with Gasteiger partial charge in [0.15, 0.2) is 0 Å². The fourth-order valence-corrected chi connectivity index (χ4v) is 3.54. The van der Waals surface area contributed by atoms with Crippen molar-refractivity contribution in [1.82, 2.24) is 5.32 Å². The molecule has 1 fully saturated rings. The second-order valence-corrected chi connectivity index (χ2v) is 6.99. The first-order valence-corrected chi connectivity index (χ1v) is 9.06. The molecular formula is C16H23NO4P+. The topological polar surface area (TPSA) is 75.6 Å². The van der Waals surface area contributed by atoms with Gasteiger partial charge in [-0.1, -0.05) is 62.4 Å². The zero-order valence-electron chi connectivity index (χ0n) is 12.6. The van der Waals surface area contributed by atoms with E-state index in [-0.39, 0.29) is 6.61 Å². The Morgan fingerprint density at radius 1 is 1.27 bits per heavy atom. The number of alkyl carbamates (subject to hydrolysis) is 1. The van der Waals surface area contributed by atoms with Crippen molar-refractivity contribution in [3.05, 3.63) is 35.9 Å². The molecule has 0 heterocycles. The molecule has 0 radical (unpaired) electrons. The Morgan fingerprint density at radius 2 is 1.95 bits per heavy atom. The van der Waals surface area contributed by atoms with Crippen LogP contribution in [0.4, 0.5) is 4.79 Å². The highest BCUT2D eigenvalue weighted by Crippen LogP contribution is 2.33. The maximum atomic E-state index is 11.8. The van der Waals surface area contributed by atoms with Crippen LogP contribution in [0, 0.1) is 5.92 Å². The van der Waals surface area contributed by atoms with E-state index >= 15 is 0 Å². The van der Waals surface area contributed by atoms with Crippen LogP contribution in [0.3, 0.4) is 0 Å². The van der Waals surface area contributed by atoms with E-state index in [1.54, 1.807) is 0 Å². The molecule has 2 rings (SSSR count). The molecule has 0 bridgehead atoms. The maximum Gasteiger partial charge on any atom is 0.530 e. The lowest BCUT2D eigenvalue weighted by Gasteiger charge is -2.22. The maximum absolute atomic E-state index is 11.8. The minimum Gasteiger partial charge on any atom is -0.445 e. The standard InChI is InChI=1S/C16H22NO4P/c18-16(21-12-14-9-5-2-6-10-14)17-15(22(19)20)11-13-7-3-1-4-8-13/h2,5-6,9-10,13,15H,1,3-4,7-8,11-12H2,(H-,17,18,19,20)/p+1. The van der Waals surface area contributed by atoms with E-state index in [0.717, 1.165) is 31.2 Å². The number of nitrogens with one attached hydrogen (secondary N) is 1. The second kappa shape index (κ2) is 8.86. The third kappa shape index (κ3) is 5.74. The number of hydrogen-bond donors (Lipinski definition) is 2. The van der Waals surface area contributed by atoms with Gasteiger partial charge in [-0.05, 0) is 16.0 Å². The molecule has 22 heavy (non-hydrogen) atoms. The zero-order chi connectivity index (χ0) is 15.8. The molecule has 0 spiro atoms. The van der Waals surface area contributed by atoms with E-state index in [1.807, 2.05) is 30.3 Å². The number of carbonyl (C=O) groups is 1. The first-order chi connectivity index (χ1) is 10.6. The van der Waals surface area contributed by atoms with Gasteiger partial charge in [0.25, 0.3) is 5.78 Å². The molecule has 2 N–H and O–H groups in total. The van der Waals surface area contributed by atoms with Crippen LogP contribution < -0.4 is 5.32 Å². The molecule has 1 aliphatic rings. The summed E-state index contributed by atoms with van der Waals surface area (Å²) in [5, 5.41) is 2.54. The van der Waals surface area contributed by atoms with Gasteiger partial charge in [0, 0.05) is 6.42 Å². The fourth-order valence-electron chi connectivity index (χ4n) is 2.84. The molecule has 0 aromatic heterocycles. The lowest BCUT2D eigenvalue weighted by atomic mass is 9.87. The highest BCUT2D eigenvalue weighted by molar-refractivity contribution is 7.38. The molecule has 1 amide bonds. The van der Waals surface area contributed by atoms with Gasteiger partial charge < -0.3 is 4.74 Å². The summed E-state index contributed by atoms with van der Waals surface area (Å²) in [5.41, 5.74) is 0.884.